The fraction of sp³-hybridized carbons (Fsp3) is 0.500. The molecule has 1 aliphatic heterocycles. The second kappa shape index (κ2) is 6.50. The van der Waals surface area contributed by atoms with E-state index in [1.807, 2.05) is 13.8 Å². The summed E-state index contributed by atoms with van der Waals surface area (Å²) in [6.07, 6.45) is 0.366. The molecule has 0 spiro atoms. The van der Waals surface area contributed by atoms with Crippen molar-refractivity contribution in [2.75, 3.05) is 11.5 Å². The zero-order chi connectivity index (χ0) is 19.1. The molecule has 140 valence electrons. The minimum Gasteiger partial charge on any atom is -0.344 e. The van der Waals surface area contributed by atoms with Gasteiger partial charge in [-0.05, 0) is 25.3 Å². The molecule has 2 aromatic rings. The van der Waals surface area contributed by atoms with E-state index in [9.17, 15) is 18.0 Å². The van der Waals surface area contributed by atoms with Crippen molar-refractivity contribution < 1.29 is 13.2 Å². The standard InChI is InChI=1S/C18H23N3O4S/c1-12(2)10-21-17(23)14-7-5-4-6-13(14)15(20-21)16(22)19-18(3)8-9-26(24,25)11-18/h4-7,12H,8-11H2,1-3H3,(H,19,22)/t18-/m1/s1. The smallest absolute Gasteiger partial charge is 0.274 e. The lowest BCUT2D eigenvalue weighted by molar-refractivity contribution is 0.0909. The number of sulfone groups is 1. The van der Waals surface area contributed by atoms with Crippen LogP contribution in [-0.2, 0) is 16.4 Å². The molecule has 0 radical (unpaired) electrons. The monoisotopic (exact) mass is 377 g/mol. The minimum absolute atomic E-state index is 0.0603. The van der Waals surface area contributed by atoms with Crippen LogP contribution >= 0.6 is 0 Å². The van der Waals surface area contributed by atoms with Gasteiger partial charge in [0.05, 0.1) is 22.4 Å². The number of hydrogen-bond acceptors (Lipinski definition) is 5. The lowest BCUT2D eigenvalue weighted by Gasteiger charge is -2.24. The molecular weight excluding hydrogens is 354 g/mol. The van der Waals surface area contributed by atoms with E-state index in [4.69, 9.17) is 0 Å². The number of benzene rings is 1. The Balaban J connectivity index is 2.05. The summed E-state index contributed by atoms with van der Waals surface area (Å²) in [5.74, 6) is -0.298. The van der Waals surface area contributed by atoms with Crippen molar-refractivity contribution in [3.05, 3.63) is 40.3 Å². The zero-order valence-electron chi connectivity index (χ0n) is 15.2. The predicted octanol–water partition coefficient (Wildman–Crippen LogP) is 1.36. The van der Waals surface area contributed by atoms with Crippen LogP contribution in [0.3, 0.4) is 0 Å². The summed E-state index contributed by atoms with van der Waals surface area (Å²) in [5.41, 5.74) is -0.913. The lowest BCUT2D eigenvalue weighted by atomic mass is 10.0. The van der Waals surface area contributed by atoms with Crippen LogP contribution in [0.25, 0.3) is 10.8 Å². The molecule has 0 saturated carbocycles. The highest BCUT2D eigenvalue weighted by Gasteiger charge is 2.40. The maximum Gasteiger partial charge on any atom is 0.274 e. The van der Waals surface area contributed by atoms with E-state index in [1.54, 1.807) is 31.2 Å². The fourth-order valence-corrected chi connectivity index (χ4v) is 5.41. The molecule has 1 fully saturated rings. The molecule has 1 amide bonds. The number of rotatable bonds is 4. The van der Waals surface area contributed by atoms with Gasteiger partial charge in [0.1, 0.15) is 0 Å². The van der Waals surface area contributed by atoms with Gasteiger partial charge in [-0.15, -0.1) is 0 Å². The molecule has 8 heteroatoms. The summed E-state index contributed by atoms with van der Waals surface area (Å²) >= 11 is 0. The maximum atomic E-state index is 12.9. The molecule has 26 heavy (non-hydrogen) atoms. The van der Waals surface area contributed by atoms with E-state index in [0.29, 0.717) is 23.7 Å². The van der Waals surface area contributed by atoms with Gasteiger partial charge in [0, 0.05) is 11.9 Å². The number of aromatic nitrogens is 2. The third-order valence-corrected chi connectivity index (χ3v) is 6.44. The lowest BCUT2D eigenvalue weighted by Crippen LogP contribution is -2.47. The maximum absolute atomic E-state index is 12.9. The van der Waals surface area contributed by atoms with Crippen molar-refractivity contribution >= 4 is 26.5 Å². The van der Waals surface area contributed by atoms with Gasteiger partial charge in [0.25, 0.3) is 11.5 Å². The van der Waals surface area contributed by atoms with Crippen LogP contribution in [0.15, 0.2) is 29.1 Å². The summed E-state index contributed by atoms with van der Waals surface area (Å²) < 4.78 is 24.9. The van der Waals surface area contributed by atoms with Crippen LogP contribution in [0.4, 0.5) is 0 Å². The van der Waals surface area contributed by atoms with Crippen molar-refractivity contribution in [3.63, 3.8) is 0 Å². The van der Waals surface area contributed by atoms with Gasteiger partial charge in [0.15, 0.2) is 15.5 Å². The number of nitrogens with one attached hydrogen (secondary N) is 1. The molecule has 0 bridgehead atoms. The normalized spacial score (nSPS) is 22.0. The molecule has 0 unspecified atom stereocenters. The minimum atomic E-state index is -3.15. The van der Waals surface area contributed by atoms with Gasteiger partial charge in [-0.2, -0.15) is 5.10 Å². The van der Waals surface area contributed by atoms with Crippen LogP contribution in [0.2, 0.25) is 0 Å². The molecule has 3 rings (SSSR count). The Hall–Kier alpha value is -2.22. The molecule has 1 atom stereocenters. The first-order valence-corrected chi connectivity index (χ1v) is 10.5. The van der Waals surface area contributed by atoms with Gasteiger partial charge in [-0.3, -0.25) is 9.59 Å². The third-order valence-electron chi connectivity index (χ3n) is 4.54. The molecule has 1 aromatic heterocycles. The molecular formula is C18H23N3O4S. The summed E-state index contributed by atoms with van der Waals surface area (Å²) in [5, 5.41) is 8.02. The van der Waals surface area contributed by atoms with Gasteiger partial charge in [0.2, 0.25) is 0 Å². The van der Waals surface area contributed by atoms with Gasteiger partial charge >= 0.3 is 0 Å². The molecule has 1 saturated heterocycles. The number of amides is 1. The first kappa shape index (κ1) is 18.6. The average Bonchev–Trinajstić information content (AvgIpc) is 2.82. The van der Waals surface area contributed by atoms with Gasteiger partial charge in [-0.25, -0.2) is 13.1 Å². The Morgan fingerprint density at radius 2 is 1.96 bits per heavy atom. The predicted molar refractivity (Wildman–Crippen MR) is 100.0 cm³/mol. The Bertz CT molecular complexity index is 1030. The second-order valence-corrected chi connectivity index (χ2v) is 9.82. The molecule has 1 N–H and O–H groups in total. The number of carbonyl (C=O) groups excluding carboxylic acids is 1. The summed E-state index contributed by atoms with van der Waals surface area (Å²) in [6.45, 7) is 6.05. The third kappa shape index (κ3) is 3.65. The Morgan fingerprint density at radius 1 is 1.31 bits per heavy atom. The summed E-state index contributed by atoms with van der Waals surface area (Å²) in [4.78, 5) is 25.5. The topological polar surface area (TPSA) is 98.1 Å². The van der Waals surface area contributed by atoms with Crippen molar-refractivity contribution in [1.82, 2.24) is 15.1 Å². The second-order valence-electron chi connectivity index (χ2n) is 7.63. The Labute approximate surface area is 152 Å². The summed E-state index contributed by atoms with van der Waals surface area (Å²) in [7, 11) is -3.15. The van der Waals surface area contributed by atoms with Crippen molar-refractivity contribution in [3.8, 4) is 0 Å². The van der Waals surface area contributed by atoms with Crippen molar-refractivity contribution in [1.29, 1.82) is 0 Å². The highest BCUT2D eigenvalue weighted by Crippen LogP contribution is 2.24. The van der Waals surface area contributed by atoms with E-state index in [-0.39, 0.29) is 28.7 Å². The molecule has 0 aliphatic carbocycles. The van der Waals surface area contributed by atoms with Crippen molar-refractivity contribution in [2.24, 2.45) is 5.92 Å². The van der Waals surface area contributed by atoms with Crippen LogP contribution in [0, 0.1) is 5.92 Å². The summed E-state index contributed by atoms with van der Waals surface area (Å²) in [6, 6.07) is 6.85. The number of nitrogens with zero attached hydrogens (tertiary/aromatic N) is 2. The zero-order valence-corrected chi connectivity index (χ0v) is 16.0. The van der Waals surface area contributed by atoms with E-state index in [1.165, 1.54) is 4.68 Å². The first-order chi connectivity index (χ1) is 12.1. The van der Waals surface area contributed by atoms with Gasteiger partial charge in [-0.1, -0.05) is 32.0 Å². The van der Waals surface area contributed by atoms with Crippen LogP contribution < -0.4 is 10.9 Å². The van der Waals surface area contributed by atoms with Gasteiger partial charge < -0.3 is 5.32 Å². The Morgan fingerprint density at radius 3 is 2.54 bits per heavy atom. The average molecular weight is 377 g/mol. The molecule has 1 aromatic carbocycles. The highest BCUT2D eigenvalue weighted by atomic mass is 32.2. The SMILES string of the molecule is CC(C)Cn1nc(C(=O)N[C@]2(C)CCS(=O)(=O)C2)c2ccccc2c1=O. The largest absolute Gasteiger partial charge is 0.344 e. The van der Waals surface area contributed by atoms with E-state index in [2.05, 4.69) is 10.4 Å². The van der Waals surface area contributed by atoms with Crippen LogP contribution in [0.1, 0.15) is 37.7 Å². The number of carbonyl (C=O) groups is 1. The molecule has 1 aliphatic rings. The van der Waals surface area contributed by atoms with Crippen LogP contribution in [0.5, 0.6) is 0 Å². The van der Waals surface area contributed by atoms with E-state index >= 15 is 0 Å². The van der Waals surface area contributed by atoms with Crippen molar-refractivity contribution in [2.45, 2.75) is 39.3 Å². The van der Waals surface area contributed by atoms with E-state index < -0.39 is 21.3 Å². The van der Waals surface area contributed by atoms with Crippen LogP contribution in [-0.4, -0.2) is 41.2 Å². The number of fused-ring (bicyclic) bond motifs is 1. The first-order valence-electron chi connectivity index (χ1n) is 8.63. The molecule has 7 nitrogen and oxygen atoms in total. The Kier molecular flexibility index (Phi) is 4.64. The molecule has 2 heterocycles. The quantitative estimate of drug-likeness (QED) is 0.867. The fourth-order valence-electron chi connectivity index (χ4n) is 3.31. The van der Waals surface area contributed by atoms with E-state index in [0.717, 1.165) is 0 Å². The number of hydrogen-bond donors (Lipinski definition) is 1. The highest BCUT2D eigenvalue weighted by molar-refractivity contribution is 7.91.